The summed E-state index contributed by atoms with van der Waals surface area (Å²) in [7, 11) is 0. The van der Waals surface area contributed by atoms with E-state index in [2.05, 4.69) is 24.3 Å². The van der Waals surface area contributed by atoms with Crippen LogP contribution in [-0.2, 0) is 14.3 Å². The van der Waals surface area contributed by atoms with Crippen molar-refractivity contribution in [3.8, 4) is 0 Å². The normalized spacial score (nSPS) is 16.7. The summed E-state index contributed by atoms with van der Waals surface area (Å²) in [5, 5.41) is 0. The summed E-state index contributed by atoms with van der Waals surface area (Å²) in [6.07, 6.45) is 26.4. The minimum atomic E-state index is -0.465. The molecule has 1 aliphatic rings. The van der Waals surface area contributed by atoms with Gasteiger partial charge in [0.05, 0.1) is 6.42 Å². The monoisotopic (exact) mass is 360 g/mol. The van der Waals surface area contributed by atoms with Gasteiger partial charge in [-0.2, -0.15) is 0 Å². The Bertz CT molecular complexity index is 474. The molecular formula is C23H36O3. The summed E-state index contributed by atoms with van der Waals surface area (Å²) in [4.78, 5) is 22.7. The van der Waals surface area contributed by atoms with Gasteiger partial charge in [-0.3, -0.25) is 9.59 Å². The van der Waals surface area contributed by atoms with Crippen LogP contribution in [0.2, 0.25) is 0 Å². The van der Waals surface area contributed by atoms with E-state index in [0.29, 0.717) is 6.42 Å². The summed E-state index contributed by atoms with van der Waals surface area (Å²) in [5.41, 5.74) is 0. The van der Waals surface area contributed by atoms with Gasteiger partial charge in [-0.05, 0) is 64.2 Å². The van der Waals surface area contributed by atoms with Crippen LogP contribution in [0.3, 0.4) is 0 Å². The SMILES string of the molecule is CC=CCC(=O)OC(=O)CCCCC=CCCCCCCC1C=CCC1. The van der Waals surface area contributed by atoms with Crippen LogP contribution in [0.25, 0.3) is 0 Å². The zero-order valence-corrected chi connectivity index (χ0v) is 16.5. The van der Waals surface area contributed by atoms with E-state index in [4.69, 9.17) is 4.74 Å². The Kier molecular flexibility index (Phi) is 13.4. The largest absolute Gasteiger partial charge is 0.393 e. The average molecular weight is 361 g/mol. The number of hydrogen-bond donors (Lipinski definition) is 0. The molecule has 0 amide bonds. The second-order valence-corrected chi connectivity index (χ2v) is 7.09. The van der Waals surface area contributed by atoms with Gasteiger partial charge in [0, 0.05) is 6.42 Å². The molecule has 1 rings (SSSR count). The first kappa shape index (κ1) is 22.4. The maximum Gasteiger partial charge on any atom is 0.317 e. The zero-order valence-electron chi connectivity index (χ0n) is 16.5. The van der Waals surface area contributed by atoms with Gasteiger partial charge in [-0.1, -0.05) is 55.7 Å². The first-order chi connectivity index (χ1) is 12.7. The van der Waals surface area contributed by atoms with Gasteiger partial charge < -0.3 is 4.74 Å². The van der Waals surface area contributed by atoms with E-state index in [9.17, 15) is 9.59 Å². The van der Waals surface area contributed by atoms with Gasteiger partial charge in [0.1, 0.15) is 0 Å². The van der Waals surface area contributed by atoms with E-state index in [-0.39, 0.29) is 6.42 Å². The van der Waals surface area contributed by atoms with E-state index >= 15 is 0 Å². The summed E-state index contributed by atoms with van der Waals surface area (Å²) in [5.74, 6) is -0.0113. The number of rotatable bonds is 14. The molecule has 0 saturated heterocycles. The number of ether oxygens (including phenoxy) is 1. The molecule has 0 aliphatic heterocycles. The number of allylic oxidation sites excluding steroid dienone is 5. The smallest absolute Gasteiger partial charge is 0.317 e. The Morgan fingerprint density at radius 2 is 1.69 bits per heavy atom. The molecule has 1 unspecified atom stereocenters. The lowest BCUT2D eigenvalue weighted by molar-refractivity contribution is -0.159. The quantitative estimate of drug-likeness (QED) is 0.155. The van der Waals surface area contributed by atoms with Crippen LogP contribution in [0.15, 0.2) is 36.5 Å². The molecule has 26 heavy (non-hydrogen) atoms. The Balaban J connectivity index is 1.84. The third-order valence-corrected chi connectivity index (χ3v) is 4.72. The highest BCUT2D eigenvalue weighted by molar-refractivity contribution is 5.86. The Morgan fingerprint density at radius 3 is 2.38 bits per heavy atom. The van der Waals surface area contributed by atoms with Crippen molar-refractivity contribution < 1.29 is 14.3 Å². The topological polar surface area (TPSA) is 43.4 Å². The molecule has 0 fully saturated rings. The van der Waals surface area contributed by atoms with Crippen LogP contribution in [0.1, 0.15) is 90.4 Å². The minimum Gasteiger partial charge on any atom is -0.393 e. The Morgan fingerprint density at radius 1 is 0.962 bits per heavy atom. The van der Waals surface area contributed by atoms with E-state index in [0.717, 1.165) is 31.6 Å². The van der Waals surface area contributed by atoms with Gasteiger partial charge in [-0.25, -0.2) is 0 Å². The summed E-state index contributed by atoms with van der Waals surface area (Å²) in [6, 6.07) is 0. The molecular weight excluding hydrogens is 324 g/mol. The maximum absolute atomic E-state index is 11.5. The first-order valence-corrected chi connectivity index (χ1v) is 10.4. The lowest BCUT2D eigenvalue weighted by atomic mass is 10.00. The van der Waals surface area contributed by atoms with E-state index in [1.54, 1.807) is 12.2 Å². The van der Waals surface area contributed by atoms with Gasteiger partial charge in [0.25, 0.3) is 0 Å². The van der Waals surface area contributed by atoms with Crippen LogP contribution < -0.4 is 0 Å². The molecule has 0 aromatic heterocycles. The third kappa shape index (κ3) is 12.7. The highest BCUT2D eigenvalue weighted by atomic mass is 16.6. The van der Waals surface area contributed by atoms with Crippen LogP contribution in [0.5, 0.6) is 0 Å². The number of unbranched alkanes of at least 4 members (excludes halogenated alkanes) is 6. The summed E-state index contributed by atoms with van der Waals surface area (Å²) >= 11 is 0. The molecule has 1 aliphatic carbocycles. The van der Waals surface area contributed by atoms with E-state index in [1.807, 2.05) is 6.92 Å². The lowest BCUT2D eigenvalue weighted by Gasteiger charge is -2.06. The van der Waals surface area contributed by atoms with E-state index < -0.39 is 11.9 Å². The summed E-state index contributed by atoms with van der Waals surface area (Å²) in [6.45, 7) is 1.83. The molecule has 0 heterocycles. The van der Waals surface area contributed by atoms with Crippen LogP contribution in [-0.4, -0.2) is 11.9 Å². The van der Waals surface area contributed by atoms with Crippen molar-refractivity contribution in [2.75, 3.05) is 0 Å². The van der Waals surface area contributed by atoms with E-state index in [1.165, 1.54) is 44.9 Å². The van der Waals surface area contributed by atoms with Gasteiger partial charge in [-0.15, -0.1) is 0 Å². The van der Waals surface area contributed by atoms with Gasteiger partial charge >= 0.3 is 11.9 Å². The zero-order chi connectivity index (χ0) is 18.9. The molecule has 0 N–H and O–H groups in total. The Labute approximate surface area is 159 Å². The molecule has 3 heteroatoms. The minimum absolute atomic E-state index is 0.169. The lowest BCUT2D eigenvalue weighted by Crippen LogP contribution is -2.11. The van der Waals surface area contributed by atoms with Crippen molar-refractivity contribution in [3.63, 3.8) is 0 Å². The molecule has 1 atom stereocenters. The molecule has 0 saturated carbocycles. The number of carbonyl (C=O) groups is 2. The predicted octanol–water partition coefficient (Wildman–Crippen LogP) is 6.45. The highest BCUT2D eigenvalue weighted by Crippen LogP contribution is 2.23. The fraction of sp³-hybridized carbons (Fsp3) is 0.652. The fourth-order valence-electron chi connectivity index (χ4n) is 3.16. The van der Waals surface area contributed by atoms with Crippen LogP contribution in [0.4, 0.5) is 0 Å². The van der Waals surface area contributed by atoms with Crippen LogP contribution in [0, 0.1) is 5.92 Å². The number of hydrogen-bond acceptors (Lipinski definition) is 3. The number of carbonyl (C=O) groups excluding carboxylic acids is 2. The molecule has 146 valence electrons. The van der Waals surface area contributed by atoms with Crippen molar-refractivity contribution >= 4 is 11.9 Å². The van der Waals surface area contributed by atoms with Crippen molar-refractivity contribution in [2.45, 2.75) is 90.4 Å². The molecule has 0 radical (unpaired) electrons. The molecule has 3 nitrogen and oxygen atoms in total. The second kappa shape index (κ2) is 15.6. The van der Waals surface area contributed by atoms with Crippen LogP contribution >= 0.6 is 0 Å². The number of esters is 2. The van der Waals surface area contributed by atoms with Crippen molar-refractivity contribution in [1.29, 1.82) is 0 Å². The highest BCUT2D eigenvalue weighted by Gasteiger charge is 2.08. The average Bonchev–Trinajstić information content (AvgIpc) is 3.14. The maximum atomic E-state index is 11.5. The molecule has 0 bridgehead atoms. The van der Waals surface area contributed by atoms with Crippen molar-refractivity contribution in [2.24, 2.45) is 5.92 Å². The predicted molar refractivity (Wildman–Crippen MR) is 108 cm³/mol. The van der Waals surface area contributed by atoms with Gasteiger partial charge in [0.15, 0.2) is 0 Å². The van der Waals surface area contributed by atoms with Crippen molar-refractivity contribution in [1.82, 2.24) is 0 Å². The summed E-state index contributed by atoms with van der Waals surface area (Å²) < 4.78 is 4.73. The molecule has 0 aromatic carbocycles. The molecule has 0 spiro atoms. The third-order valence-electron chi connectivity index (χ3n) is 4.72. The fourth-order valence-corrected chi connectivity index (χ4v) is 3.16. The standard InChI is InChI=1S/C23H36O3/c1-2-3-19-22(24)26-23(25)20-13-11-9-7-5-4-6-8-10-12-16-21-17-14-15-18-21/h2-3,5,7,14,17,21H,4,6,8-13,15-16,18-20H2,1H3. The van der Waals surface area contributed by atoms with Crippen molar-refractivity contribution in [3.05, 3.63) is 36.5 Å². The second-order valence-electron chi connectivity index (χ2n) is 7.09. The van der Waals surface area contributed by atoms with Gasteiger partial charge in [0.2, 0.25) is 0 Å². The molecule has 0 aromatic rings. The first-order valence-electron chi connectivity index (χ1n) is 10.4. The Hall–Kier alpha value is -1.64.